The number of hydrogen-bond donors (Lipinski definition) is 0. The van der Waals surface area contributed by atoms with Crippen molar-refractivity contribution in [3.8, 4) is 11.1 Å². The Morgan fingerprint density at radius 3 is 2.12 bits per heavy atom. The van der Waals surface area contributed by atoms with E-state index in [4.69, 9.17) is 0 Å². The molecule has 0 fully saturated rings. The molecule has 4 heteroatoms. The summed E-state index contributed by atoms with van der Waals surface area (Å²) in [5.74, 6) is -1.08. The first-order valence-corrected chi connectivity index (χ1v) is 6.48. The zero-order chi connectivity index (χ0) is 12.6. The maximum absolute atomic E-state index is 13.9. The largest absolute Gasteiger partial charge is 0.206 e. The second-order valence-electron chi connectivity index (χ2n) is 3.71. The fourth-order valence-electron chi connectivity index (χ4n) is 1.62. The first-order chi connectivity index (χ1) is 7.99. The molecule has 0 N–H and O–H groups in total. The fraction of sp³-hybridized carbons (Fsp3) is 0.0769. The van der Waals surface area contributed by atoms with Crippen LogP contribution in [-0.2, 0) is 0 Å². The zero-order valence-corrected chi connectivity index (χ0v) is 12.1. The third-order valence-electron chi connectivity index (χ3n) is 2.44. The molecule has 0 saturated carbocycles. The van der Waals surface area contributed by atoms with E-state index in [0.29, 0.717) is 11.1 Å². The average molecular weight is 362 g/mol. The Hall–Kier alpha value is -0.740. The lowest BCUT2D eigenvalue weighted by Crippen LogP contribution is -1.93. The van der Waals surface area contributed by atoms with Gasteiger partial charge in [-0.05, 0) is 42.3 Å². The van der Waals surface area contributed by atoms with E-state index in [0.717, 1.165) is 8.95 Å². The molecule has 0 aliphatic heterocycles. The van der Waals surface area contributed by atoms with Crippen LogP contribution in [0.3, 0.4) is 0 Å². The smallest absolute Gasteiger partial charge is 0.136 e. The highest BCUT2D eigenvalue weighted by Gasteiger charge is 2.14. The molecule has 0 atom stereocenters. The molecule has 2 aromatic rings. The molecule has 2 aromatic carbocycles. The number of halogens is 4. The van der Waals surface area contributed by atoms with Crippen molar-refractivity contribution in [2.45, 2.75) is 6.92 Å². The number of aryl methyl sites for hydroxylation is 1. The number of hydrogen-bond acceptors (Lipinski definition) is 0. The van der Waals surface area contributed by atoms with Gasteiger partial charge in [0.2, 0.25) is 0 Å². The summed E-state index contributed by atoms with van der Waals surface area (Å²) in [5.41, 5.74) is 0.939. The predicted molar refractivity (Wildman–Crippen MR) is 71.9 cm³/mol. The van der Waals surface area contributed by atoms with Crippen LogP contribution >= 0.6 is 31.9 Å². The Bertz CT molecular complexity index is 560. The van der Waals surface area contributed by atoms with Crippen molar-refractivity contribution >= 4 is 31.9 Å². The van der Waals surface area contributed by atoms with E-state index in [2.05, 4.69) is 31.9 Å². The second kappa shape index (κ2) is 4.86. The van der Waals surface area contributed by atoms with E-state index in [9.17, 15) is 8.78 Å². The van der Waals surface area contributed by atoms with E-state index in [1.807, 2.05) is 6.07 Å². The summed E-state index contributed by atoms with van der Waals surface area (Å²) in [6.07, 6.45) is 0. The highest BCUT2D eigenvalue weighted by molar-refractivity contribution is 9.11. The lowest BCUT2D eigenvalue weighted by molar-refractivity contribution is 0.584. The van der Waals surface area contributed by atoms with Crippen LogP contribution in [0, 0.1) is 18.6 Å². The SMILES string of the molecule is Cc1ccc(F)c(-c2cc(Br)cc(Br)c2)c1F. The van der Waals surface area contributed by atoms with Crippen molar-refractivity contribution in [3.05, 3.63) is 56.5 Å². The molecule has 0 unspecified atom stereocenters. The Balaban J connectivity index is 2.72. The summed E-state index contributed by atoms with van der Waals surface area (Å²) >= 11 is 6.61. The average Bonchev–Trinajstić information content (AvgIpc) is 2.23. The fourth-order valence-corrected chi connectivity index (χ4v) is 2.91. The summed E-state index contributed by atoms with van der Waals surface area (Å²) in [7, 11) is 0. The Morgan fingerprint density at radius 2 is 1.53 bits per heavy atom. The molecule has 0 heterocycles. The van der Waals surface area contributed by atoms with Gasteiger partial charge in [-0.15, -0.1) is 0 Å². The summed E-state index contributed by atoms with van der Waals surface area (Å²) < 4.78 is 29.2. The summed E-state index contributed by atoms with van der Waals surface area (Å²) in [6.45, 7) is 1.62. The van der Waals surface area contributed by atoms with Gasteiger partial charge in [0.15, 0.2) is 0 Å². The molecular formula is C13H8Br2F2. The molecule has 0 nitrogen and oxygen atoms in total. The molecule has 0 aliphatic rings. The van der Waals surface area contributed by atoms with Crippen molar-refractivity contribution in [1.82, 2.24) is 0 Å². The van der Waals surface area contributed by atoms with Crippen molar-refractivity contribution < 1.29 is 8.78 Å². The minimum absolute atomic E-state index is 0.00648. The number of benzene rings is 2. The van der Waals surface area contributed by atoms with E-state index in [1.54, 1.807) is 19.1 Å². The molecule has 17 heavy (non-hydrogen) atoms. The third kappa shape index (κ3) is 2.58. The van der Waals surface area contributed by atoms with Crippen molar-refractivity contribution in [2.24, 2.45) is 0 Å². The Morgan fingerprint density at radius 1 is 0.941 bits per heavy atom. The second-order valence-corrected chi connectivity index (χ2v) is 5.54. The summed E-state index contributed by atoms with van der Waals surface area (Å²) in [4.78, 5) is 0. The van der Waals surface area contributed by atoms with Crippen LogP contribution in [0.15, 0.2) is 39.3 Å². The third-order valence-corrected chi connectivity index (χ3v) is 3.35. The normalized spacial score (nSPS) is 10.6. The Labute approximate surface area is 115 Å². The van der Waals surface area contributed by atoms with Crippen LogP contribution in [0.2, 0.25) is 0 Å². The van der Waals surface area contributed by atoms with Gasteiger partial charge in [-0.3, -0.25) is 0 Å². The van der Waals surface area contributed by atoms with Crippen LogP contribution in [-0.4, -0.2) is 0 Å². The highest BCUT2D eigenvalue weighted by Crippen LogP contribution is 2.32. The van der Waals surface area contributed by atoms with Gasteiger partial charge in [-0.25, -0.2) is 8.78 Å². The van der Waals surface area contributed by atoms with Crippen LogP contribution in [0.4, 0.5) is 8.78 Å². The lowest BCUT2D eigenvalue weighted by Gasteiger charge is -2.08. The highest BCUT2D eigenvalue weighted by atomic mass is 79.9. The Kier molecular flexibility index (Phi) is 3.64. The first kappa shape index (κ1) is 12.7. The summed E-state index contributed by atoms with van der Waals surface area (Å²) in [6, 6.07) is 7.90. The maximum Gasteiger partial charge on any atom is 0.136 e. The quantitative estimate of drug-likeness (QED) is 0.632. The van der Waals surface area contributed by atoms with Gasteiger partial charge in [0, 0.05) is 8.95 Å². The van der Waals surface area contributed by atoms with E-state index < -0.39 is 11.6 Å². The van der Waals surface area contributed by atoms with Gasteiger partial charge in [0.25, 0.3) is 0 Å². The zero-order valence-electron chi connectivity index (χ0n) is 8.90. The van der Waals surface area contributed by atoms with Gasteiger partial charge in [-0.2, -0.15) is 0 Å². The van der Waals surface area contributed by atoms with Crippen molar-refractivity contribution in [3.63, 3.8) is 0 Å². The molecule has 0 bridgehead atoms. The minimum atomic E-state index is -0.557. The van der Waals surface area contributed by atoms with Crippen LogP contribution in [0.1, 0.15) is 5.56 Å². The predicted octanol–water partition coefficient (Wildman–Crippen LogP) is 5.47. The topological polar surface area (TPSA) is 0 Å². The van der Waals surface area contributed by atoms with Crippen LogP contribution in [0.5, 0.6) is 0 Å². The van der Waals surface area contributed by atoms with Crippen LogP contribution < -0.4 is 0 Å². The molecule has 0 spiro atoms. The van der Waals surface area contributed by atoms with Gasteiger partial charge in [-0.1, -0.05) is 37.9 Å². The van der Waals surface area contributed by atoms with E-state index in [-0.39, 0.29) is 5.56 Å². The molecule has 0 saturated heterocycles. The maximum atomic E-state index is 13.9. The standard InChI is InChI=1S/C13H8Br2F2/c1-7-2-3-11(16)12(13(7)17)8-4-9(14)6-10(15)5-8/h2-6H,1H3. The van der Waals surface area contributed by atoms with Gasteiger partial charge >= 0.3 is 0 Å². The molecule has 0 aromatic heterocycles. The monoisotopic (exact) mass is 360 g/mol. The van der Waals surface area contributed by atoms with Gasteiger partial charge in [0.05, 0.1) is 5.56 Å². The molecular weight excluding hydrogens is 354 g/mol. The number of rotatable bonds is 1. The van der Waals surface area contributed by atoms with Gasteiger partial charge < -0.3 is 0 Å². The molecule has 0 amide bonds. The molecule has 0 aliphatic carbocycles. The first-order valence-electron chi connectivity index (χ1n) is 4.90. The summed E-state index contributed by atoms with van der Waals surface area (Å²) in [5, 5.41) is 0. The van der Waals surface area contributed by atoms with E-state index >= 15 is 0 Å². The molecule has 2 rings (SSSR count). The van der Waals surface area contributed by atoms with Gasteiger partial charge in [0.1, 0.15) is 11.6 Å². The van der Waals surface area contributed by atoms with E-state index in [1.165, 1.54) is 12.1 Å². The van der Waals surface area contributed by atoms with Crippen molar-refractivity contribution in [2.75, 3.05) is 0 Å². The lowest BCUT2D eigenvalue weighted by atomic mass is 10.0. The minimum Gasteiger partial charge on any atom is -0.206 e. The molecule has 0 radical (unpaired) electrons. The van der Waals surface area contributed by atoms with Crippen molar-refractivity contribution in [1.29, 1.82) is 0 Å². The van der Waals surface area contributed by atoms with Crippen LogP contribution in [0.25, 0.3) is 11.1 Å². The molecule has 88 valence electrons.